The lowest BCUT2D eigenvalue weighted by Gasteiger charge is -2.35. The van der Waals surface area contributed by atoms with Crippen LogP contribution in [0.25, 0.3) is 10.4 Å². The first kappa shape index (κ1) is 52.0. The largest absolute Gasteiger partial charge is 0.494 e. The van der Waals surface area contributed by atoms with Crippen molar-refractivity contribution in [3.05, 3.63) is 107 Å². The van der Waals surface area contributed by atoms with Crippen LogP contribution in [0.5, 0.6) is 5.75 Å². The molecule has 1 aliphatic heterocycles. The molecule has 1 saturated heterocycles. The third-order valence-electron chi connectivity index (χ3n) is 11.1. The molecule has 0 bridgehead atoms. The minimum atomic E-state index is -4.75. The second-order valence-electron chi connectivity index (χ2n) is 17.6. The summed E-state index contributed by atoms with van der Waals surface area (Å²) in [5.74, 6) is -1.52. The number of anilines is 4. The Morgan fingerprint density at radius 2 is 1.71 bits per heavy atom. The van der Waals surface area contributed by atoms with Gasteiger partial charge in [-0.1, -0.05) is 57.2 Å². The van der Waals surface area contributed by atoms with E-state index in [2.05, 4.69) is 36.2 Å². The number of aryl methyl sites for hydroxylation is 1. The fourth-order valence-corrected chi connectivity index (χ4v) is 8.59. The third-order valence-corrected chi connectivity index (χ3v) is 13.3. The van der Waals surface area contributed by atoms with E-state index >= 15 is 0 Å². The minimum absolute atomic E-state index is 0.0567. The molecule has 3 aromatic carbocycles. The number of hydrogen-bond acceptors (Lipinski definition) is 14. The number of likely N-dealkylation sites (tertiary alicyclic amines) is 1. The molecule has 1 aliphatic rings. The summed E-state index contributed by atoms with van der Waals surface area (Å²) in [5.41, 5.74) is 4.12. The van der Waals surface area contributed by atoms with Gasteiger partial charge in [0.05, 0.1) is 47.3 Å². The zero-order valence-corrected chi connectivity index (χ0v) is 40.6. The number of rotatable bonds is 20. The van der Waals surface area contributed by atoms with E-state index in [4.69, 9.17) is 9.47 Å². The normalized spacial score (nSPS) is 15.6. The van der Waals surface area contributed by atoms with Crippen LogP contribution in [0.2, 0.25) is 0 Å². The van der Waals surface area contributed by atoms with Crippen molar-refractivity contribution >= 4 is 62.2 Å². The van der Waals surface area contributed by atoms with Crippen LogP contribution in [0.3, 0.4) is 0 Å². The number of ether oxygens (including phenoxy) is 2. The molecule has 0 saturated carbocycles. The molecule has 22 heteroatoms. The molecule has 370 valence electrons. The van der Waals surface area contributed by atoms with Crippen LogP contribution < -0.4 is 30.3 Å². The lowest BCUT2D eigenvalue weighted by atomic mass is 9.85. The number of nitrogens with zero attached hydrogens (tertiary/aromatic N) is 5. The maximum Gasteiger partial charge on any atom is 0.421 e. The zero-order valence-electron chi connectivity index (χ0n) is 39.0. The predicted molar refractivity (Wildman–Crippen MR) is 256 cm³/mol. The van der Waals surface area contributed by atoms with E-state index in [0.717, 1.165) is 32.3 Å². The molecule has 0 aliphatic carbocycles. The highest BCUT2D eigenvalue weighted by Crippen LogP contribution is 2.35. The van der Waals surface area contributed by atoms with Crippen molar-refractivity contribution in [3.8, 4) is 16.2 Å². The van der Waals surface area contributed by atoms with E-state index in [1.807, 2.05) is 31.2 Å². The van der Waals surface area contributed by atoms with Crippen LogP contribution in [0.4, 0.5) is 36.3 Å². The van der Waals surface area contributed by atoms with Crippen molar-refractivity contribution in [2.75, 3.05) is 54.6 Å². The summed E-state index contributed by atoms with van der Waals surface area (Å²) >= 11 is 1.55. The van der Waals surface area contributed by atoms with Gasteiger partial charge in [0.1, 0.15) is 35.8 Å². The lowest BCUT2D eigenvalue weighted by molar-refractivity contribution is -0.144. The molecule has 6 rings (SSSR count). The minimum Gasteiger partial charge on any atom is -0.494 e. The van der Waals surface area contributed by atoms with E-state index in [-0.39, 0.29) is 51.8 Å². The number of carbonyl (C=O) groups excluding carboxylic acids is 3. The SMILES string of the molecule is Cc1ncsc1-c1ccc(CNC(=O)[C@@H]2C[C@H](O)CN2C(=O)[C@@H](NC(=O)COCCCOc2ccc(Nc3ncc(C(F)(F)F)c(NCc4cccc(N(C)S(C)(=O)=O)c4)n3)cc2)C(C)(C)C)cc1. The number of thiazole rings is 1. The predicted octanol–water partition coefficient (Wildman–Crippen LogP) is 6.27. The molecule has 2 aromatic heterocycles. The maximum atomic E-state index is 14.0. The van der Waals surface area contributed by atoms with Gasteiger partial charge in [0, 0.05) is 51.4 Å². The number of amides is 3. The zero-order chi connectivity index (χ0) is 50.1. The number of aliphatic hydroxyl groups is 1. The van der Waals surface area contributed by atoms with E-state index in [0.29, 0.717) is 35.3 Å². The van der Waals surface area contributed by atoms with Crippen LogP contribution in [0.1, 0.15) is 56.0 Å². The number of aromatic nitrogens is 3. The number of hydrogen-bond donors (Lipinski definition) is 5. The number of alkyl halides is 3. The Labute approximate surface area is 402 Å². The number of aliphatic hydroxyl groups excluding tert-OH is 1. The Morgan fingerprint density at radius 1 is 0.986 bits per heavy atom. The van der Waals surface area contributed by atoms with Gasteiger partial charge in [-0.05, 0) is 65.4 Å². The Morgan fingerprint density at radius 3 is 2.36 bits per heavy atom. The van der Waals surface area contributed by atoms with Gasteiger partial charge >= 0.3 is 6.18 Å². The first-order valence-electron chi connectivity index (χ1n) is 21.9. The van der Waals surface area contributed by atoms with Crippen molar-refractivity contribution in [1.82, 2.24) is 30.5 Å². The summed E-state index contributed by atoms with van der Waals surface area (Å²) in [4.78, 5) is 55.1. The molecule has 3 heterocycles. The molecule has 17 nitrogen and oxygen atoms in total. The summed E-state index contributed by atoms with van der Waals surface area (Å²) in [6.07, 6.45) is -3.49. The second-order valence-corrected chi connectivity index (χ2v) is 20.4. The average molecular weight is 996 g/mol. The number of β-amino-alcohol motifs (C(OH)–C–C–N with tert-alkyl or cyclic N) is 1. The highest BCUT2D eigenvalue weighted by atomic mass is 32.2. The standard InChI is InChI=1S/C47H56F3N9O8S2/c1-29-40(68-28-54-29)32-13-11-30(12-14-32)23-52-43(62)38-22-35(60)26-59(38)44(63)41(46(2,3)4)56-39(61)27-66-19-8-20-67-36-17-15-33(16-18-36)55-45-53-25-37(47(48,49)50)42(57-45)51-24-31-9-7-10-34(21-31)58(5)69(6,64)65/h7,9-18,21,25,28,35,38,41,60H,8,19-20,22-24,26-27H2,1-6H3,(H,52,62)(H,56,61)(H2,51,53,55,57)/t35-,38-,41+/m0/s1. The first-order chi connectivity index (χ1) is 32.6. The molecule has 0 spiro atoms. The molecule has 0 radical (unpaired) electrons. The first-order valence-corrected chi connectivity index (χ1v) is 24.6. The van der Waals surface area contributed by atoms with Crippen molar-refractivity contribution in [3.63, 3.8) is 0 Å². The van der Waals surface area contributed by atoms with Gasteiger partial charge in [-0.25, -0.2) is 18.4 Å². The Kier molecular flexibility index (Phi) is 16.9. The van der Waals surface area contributed by atoms with Gasteiger partial charge in [-0.2, -0.15) is 18.2 Å². The van der Waals surface area contributed by atoms with Crippen LogP contribution >= 0.6 is 11.3 Å². The third kappa shape index (κ3) is 14.3. The second kappa shape index (κ2) is 22.4. The number of sulfonamides is 1. The van der Waals surface area contributed by atoms with Gasteiger partial charge in [0.15, 0.2) is 0 Å². The van der Waals surface area contributed by atoms with E-state index in [1.54, 1.807) is 86.1 Å². The Bertz CT molecular complexity index is 2680. The van der Waals surface area contributed by atoms with Gasteiger partial charge in [-0.3, -0.25) is 18.7 Å². The van der Waals surface area contributed by atoms with Crippen molar-refractivity contribution in [1.29, 1.82) is 0 Å². The summed E-state index contributed by atoms with van der Waals surface area (Å²) in [6, 6.07) is 18.7. The van der Waals surface area contributed by atoms with Gasteiger partial charge in [0.25, 0.3) is 0 Å². The average Bonchev–Trinajstić information content (AvgIpc) is 3.92. The Balaban J connectivity index is 0.939. The van der Waals surface area contributed by atoms with Crippen LogP contribution in [-0.2, 0) is 48.4 Å². The Hall–Kier alpha value is -6.36. The molecule has 69 heavy (non-hydrogen) atoms. The maximum absolute atomic E-state index is 14.0. The number of benzene rings is 3. The molecule has 3 amide bonds. The van der Waals surface area contributed by atoms with Crippen LogP contribution in [-0.4, -0.2) is 109 Å². The van der Waals surface area contributed by atoms with Gasteiger partial charge in [-0.15, -0.1) is 11.3 Å². The topological polar surface area (TPSA) is 217 Å². The molecular formula is C47H56F3N9O8S2. The number of halogens is 3. The molecule has 5 aromatic rings. The fraction of sp³-hybridized carbons (Fsp3) is 0.404. The number of carbonyl (C=O) groups is 3. The summed E-state index contributed by atoms with van der Waals surface area (Å²) in [5, 5.41) is 21.8. The highest BCUT2D eigenvalue weighted by Gasteiger charge is 2.44. The van der Waals surface area contributed by atoms with Crippen LogP contribution in [0, 0.1) is 12.3 Å². The van der Waals surface area contributed by atoms with E-state index in [1.165, 1.54) is 11.9 Å². The monoisotopic (exact) mass is 995 g/mol. The summed E-state index contributed by atoms with van der Waals surface area (Å²) < 4.78 is 78.1. The summed E-state index contributed by atoms with van der Waals surface area (Å²) in [6.45, 7) is 7.44. The molecular weight excluding hydrogens is 940 g/mol. The van der Waals surface area contributed by atoms with E-state index in [9.17, 15) is 41.1 Å². The quantitative estimate of drug-likeness (QED) is 0.0544. The van der Waals surface area contributed by atoms with E-state index < -0.39 is 68.9 Å². The van der Waals surface area contributed by atoms with Crippen molar-refractivity contribution < 1.29 is 50.6 Å². The van der Waals surface area contributed by atoms with Gasteiger partial charge in [0.2, 0.25) is 33.7 Å². The van der Waals surface area contributed by atoms with Gasteiger partial charge < -0.3 is 40.7 Å². The lowest BCUT2D eigenvalue weighted by Crippen LogP contribution is -2.58. The highest BCUT2D eigenvalue weighted by molar-refractivity contribution is 7.92. The molecule has 1 fully saturated rings. The molecule has 3 atom stereocenters. The summed E-state index contributed by atoms with van der Waals surface area (Å²) in [7, 11) is -2.18. The van der Waals surface area contributed by atoms with Crippen LogP contribution in [0.15, 0.2) is 84.5 Å². The fourth-order valence-electron chi connectivity index (χ4n) is 7.29. The number of nitrogens with one attached hydrogen (secondary N) is 4. The molecule has 5 N–H and O–H groups in total. The van der Waals surface area contributed by atoms with Crippen molar-refractivity contribution in [2.45, 2.75) is 78.0 Å². The smallest absolute Gasteiger partial charge is 0.421 e. The molecule has 0 unspecified atom stereocenters. The van der Waals surface area contributed by atoms with Crippen molar-refractivity contribution in [2.24, 2.45) is 5.41 Å².